The van der Waals surface area contributed by atoms with Crippen LogP contribution in [0.2, 0.25) is 0 Å². The molecule has 0 unspecified atom stereocenters. The number of rotatable bonds is 19. The molecule has 0 atom stereocenters. The highest BCUT2D eigenvalue weighted by atomic mass is 31.2. The first-order valence-corrected chi connectivity index (χ1v) is 23.8. The fourth-order valence-corrected chi connectivity index (χ4v) is 10.5. The van der Waals surface area contributed by atoms with Crippen molar-refractivity contribution in [3.05, 3.63) is 117 Å². The van der Waals surface area contributed by atoms with Crippen LogP contribution in [0.4, 0.5) is 0 Å². The van der Waals surface area contributed by atoms with Crippen LogP contribution in [0.5, 0.6) is 23.0 Å². The lowest BCUT2D eigenvalue weighted by molar-refractivity contribution is 0.378. The molecule has 57 heavy (non-hydrogen) atoms. The SMILES string of the molecule is CCN(P(Oc1c(C(C)C)cccc1C(C)C)Oc1c(C(C)C)cccc1C(C)C)P(Oc1c(C(C)C)cccc1C(C)C)Oc1c(C(C)C)cccc1C(C)C. The summed E-state index contributed by atoms with van der Waals surface area (Å²) in [5, 5.41) is 0. The number of nitrogens with zero attached hydrogens (tertiary/aromatic N) is 1. The summed E-state index contributed by atoms with van der Waals surface area (Å²) in [4.78, 5) is 0. The van der Waals surface area contributed by atoms with Crippen LogP contribution in [0.3, 0.4) is 0 Å². The van der Waals surface area contributed by atoms with Crippen LogP contribution >= 0.6 is 17.1 Å². The average molecular weight is 814 g/mol. The molecule has 7 heteroatoms. The fourth-order valence-electron chi connectivity index (χ4n) is 7.18. The third-order valence-corrected chi connectivity index (χ3v) is 14.2. The maximum Gasteiger partial charge on any atom is 0.393 e. The van der Waals surface area contributed by atoms with E-state index in [2.05, 4.69) is 195 Å². The second-order valence-electron chi connectivity index (χ2n) is 17.8. The van der Waals surface area contributed by atoms with Crippen molar-refractivity contribution in [1.29, 1.82) is 0 Å². The molecule has 5 nitrogen and oxygen atoms in total. The van der Waals surface area contributed by atoms with E-state index in [0.29, 0.717) is 6.54 Å². The molecule has 0 aliphatic carbocycles. The van der Waals surface area contributed by atoms with E-state index in [1.807, 2.05) is 0 Å². The summed E-state index contributed by atoms with van der Waals surface area (Å²) in [6, 6.07) is 26.3. The van der Waals surface area contributed by atoms with Crippen LogP contribution in [-0.2, 0) is 0 Å². The smallest absolute Gasteiger partial charge is 0.393 e. The molecule has 312 valence electrons. The average Bonchev–Trinajstić information content (AvgIpc) is 3.14. The van der Waals surface area contributed by atoms with Crippen molar-refractivity contribution in [1.82, 2.24) is 4.44 Å². The summed E-state index contributed by atoms with van der Waals surface area (Å²) < 4.78 is 32.3. The molecule has 0 heterocycles. The second-order valence-corrected chi connectivity index (χ2v) is 20.8. The van der Waals surface area contributed by atoms with Gasteiger partial charge in [-0.15, -0.1) is 4.44 Å². The van der Waals surface area contributed by atoms with Gasteiger partial charge in [-0.05, 0) is 91.9 Å². The molecule has 0 spiro atoms. The monoisotopic (exact) mass is 814 g/mol. The Balaban J connectivity index is 2.10. The van der Waals surface area contributed by atoms with E-state index < -0.39 is 17.1 Å². The second kappa shape index (κ2) is 20.7. The van der Waals surface area contributed by atoms with Crippen molar-refractivity contribution in [2.24, 2.45) is 0 Å². The molecule has 0 aliphatic rings. The van der Waals surface area contributed by atoms with Crippen LogP contribution < -0.4 is 18.1 Å². The lowest BCUT2D eigenvalue weighted by atomic mass is 9.94. The normalized spacial score (nSPS) is 12.4. The molecular formula is C50H73NO4P2. The van der Waals surface area contributed by atoms with E-state index in [-0.39, 0.29) is 47.3 Å². The maximum absolute atomic E-state index is 7.52. The van der Waals surface area contributed by atoms with Crippen LogP contribution in [-0.4, -0.2) is 11.0 Å². The van der Waals surface area contributed by atoms with Gasteiger partial charge in [0.05, 0.1) is 0 Å². The van der Waals surface area contributed by atoms with E-state index in [0.717, 1.165) is 23.0 Å². The Labute approximate surface area is 350 Å². The number of hydrogen-bond acceptors (Lipinski definition) is 5. The predicted octanol–water partition coefficient (Wildman–Crippen LogP) is 17.1. The Bertz CT molecular complexity index is 1530. The first-order chi connectivity index (χ1) is 26.9. The zero-order valence-electron chi connectivity index (χ0n) is 38.2. The number of benzene rings is 4. The lowest BCUT2D eigenvalue weighted by Crippen LogP contribution is -2.24. The van der Waals surface area contributed by atoms with E-state index >= 15 is 0 Å². The van der Waals surface area contributed by atoms with Gasteiger partial charge in [0.2, 0.25) is 0 Å². The zero-order valence-corrected chi connectivity index (χ0v) is 40.0. The van der Waals surface area contributed by atoms with Gasteiger partial charge in [-0.1, -0.05) is 190 Å². The molecule has 0 N–H and O–H groups in total. The summed E-state index contributed by atoms with van der Waals surface area (Å²) in [5.41, 5.74) is 9.34. The van der Waals surface area contributed by atoms with E-state index in [9.17, 15) is 0 Å². The Morgan fingerprint density at radius 1 is 0.333 bits per heavy atom. The van der Waals surface area contributed by atoms with Crippen molar-refractivity contribution in [3.63, 3.8) is 0 Å². The molecule has 0 saturated carbocycles. The summed E-state index contributed by atoms with van der Waals surface area (Å²) in [6.45, 7) is 38.6. The van der Waals surface area contributed by atoms with E-state index in [1.165, 1.54) is 44.5 Å². The van der Waals surface area contributed by atoms with Crippen molar-refractivity contribution in [3.8, 4) is 23.0 Å². The van der Waals surface area contributed by atoms with Crippen molar-refractivity contribution in [2.75, 3.05) is 6.54 Å². The molecule has 4 rings (SSSR count). The largest absolute Gasteiger partial charge is 0.426 e. The van der Waals surface area contributed by atoms with E-state index in [1.54, 1.807) is 0 Å². The van der Waals surface area contributed by atoms with Crippen LogP contribution in [0.1, 0.15) is 210 Å². The van der Waals surface area contributed by atoms with E-state index in [4.69, 9.17) is 18.1 Å². The highest BCUT2D eigenvalue weighted by Gasteiger charge is 2.41. The highest BCUT2D eigenvalue weighted by Crippen LogP contribution is 2.62. The molecule has 0 saturated heterocycles. The molecule has 0 fully saturated rings. The Morgan fingerprint density at radius 3 is 0.614 bits per heavy atom. The van der Waals surface area contributed by atoms with Crippen molar-refractivity contribution < 1.29 is 18.1 Å². The van der Waals surface area contributed by atoms with Gasteiger partial charge in [0.25, 0.3) is 0 Å². The van der Waals surface area contributed by atoms with Crippen molar-refractivity contribution in [2.45, 2.75) is 165 Å². The quantitative estimate of drug-likeness (QED) is 0.0882. The molecule has 0 radical (unpaired) electrons. The molecular weight excluding hydrogens is 741 g/mol. The Kier molecular flexibility index (Phi) is 16.9. The Morgan fingerprint density at radius 2 is 0.491 bits per heavy atom. The van der Waals surface area contributed by atoms with Gasteiger partial charge < -0.3 is 18.1 Å². The third-order valence-electron chi connectivity index (χ3n) is 10.6. The van der Waals surface area contributed by atoms with Gasteiger partial charge >= 0.3 is 17.1 Å². The molecule has 4 aromatic carbocycles. The minimum atomic E-state index is -1.86. The van der Waals surface area contributed by atoms with Gasteiger partial charge in [-0.25, -0.2) is 0 Å². The van der Waals surface area contributed by atoms with Gasteiger partial charge in [-0.2, -0.15) is 0 Å². The van der Waals surface area contributed by atoms with Gasteiger partial charge in [0, 0.05) is 6.54 Å². The third kappa shape index (κ3) is 11.1. The summed E-state index contributed by atoms with van der Waals surface area (Å²) in [5.74, 6) is 5.52. The fraction of sp³-hybridized carbons (Fsp3) is 0.520. The summed E-state index contributed by atoms with van der Waals surface area (Å²) in [6.07, 6.45) is 0. The molecule has 0 amide bonds. The van der Waals surface area contributed by atoms with Gasteiger partial charge in [0.1, 0.15) is 23.0 Å². The molecule has 0 aliphatic heterocycles. The molecule has 4 aromatic rings. The van der Waals surface area contributed by atoms with Gasteiger partial charge in [0.15, 0.2) is 0 Å². The minimum absolute atomic E-state index is 0.242. The van der Waals surface area contributed by atoms with Crippen LogP contribution in [0.15, 0.2) is 72.8 Å². The predicted molar refractivity (Wildman–Crippen MR) is 247 cm³/mol. The molecule has 0 bridgehead atoms. The van der Waals surface area contributed by atoms with Crippen LogP contribution in [0.25, 0.3) is 0 Å². The minimum Gasteiger partial charge on any atom is -0.426 e. The van der Waals surface area contributed by atoms with Gasteiger partial charge in [-0.3, -0.25) is 0 Å². The number of para-hydroxylation sites is 4. The first-order valence-electron chi connectivity index (χ1n) is 21.5. The molecule has 0 aromatic heterocycles. The lowest BCUT2D eigenvalue weighted by Gasteiger charge is -2.36. The number of hydrogen-bond donors (Lipinski definition) is 0. The van der Waals surface area contributed by atoms with Crippen molar-refractivity contribution >= 4 is 17.1 Å². The van der Waals surface area contributed by atoms with Crippen LogP contribution in [0, 0.1) is 0 Å². The summed E-state index contributed by atoms with van der Waals surface area (Å²) >= 11 is 0. The summed E-state index contributed by atoms with van der Waals surface area (Å²) in [7, 11) is -3.72. The maximum atomic E-state index is 7.52. The standard InChI is InChI=1S/C50H73NO4P2/c1-18-51(56(52-47-39(31(2)3)23-19-24-40(47)32(4)5)53-48-41(33(6)7)25-20-26-42(48)34(8)9)57(54-49-43(35(10)11)27-21-28-44(49)36(12)13)55-50-45(37(14)15)29-22-30-46(50)38(16)17/h19-38H,18H2,1-17H3. The highest BCUT2D eigenvalue weighted by molar-refractivity contribution is 7.61. The Hall–Kier alpha value is -3.10. The zero-order chi connectivity index (χ0) is 42.3. The first kappa shape index (κ1) is 46.6. The topological polar surface area (TPSA) is 40.2 Å².